The van der Waals surface area contributed by atoms with Crippen molar-refractivity contribution in [2.24, 2.45) is 0 Å². The van der Waals surface area contributed by atoms with Gasteiger partial charge >= 0.3 is 0 Å². The van der Waals surface area contributed by atoms with Crippen molar-refractivity contribution in [1.29, 1.82) is 0 Å². The average Bonchev–Trinajstić information content (AvgIpc) is 2.81. The van der Waals surface area contributed by atoms with E-state index in [4.69, 9.17) is 0 Å². The van der Waals surface area contributed by atoms with Gasteiger partial charge in [-0.15, -0.1) is 0 Å². The van der Waals surface area contributed by atoms with Gasteiger partial charge in [0.2, 0.25) is 0 Å². The van der Waals surface area contributed by atoms with Crippen LogP contribution in [0.3, 0.4) is 0 Å². The van der Waals surface area contributed by atoms with E-state index in [9.17, 15) is 0 Å². The molecule has 0 unspecified atom stereocenters. The van der Waals surface area contributed by atoms with Crippen LogP contribution in [0.4, 0.5) is 0 Å². The molecule has 1 aromatic carbocycles. The smallest absolute Gasteiger partial charge is 0.140 e. The monoisotopic (exact) mass is 365 g/mol. The molecule has 0 saturated heterocycles. The van der Waals surface area contributed by atoms with Gasteiger partial charge in [0.05, 0.1) is 11.0 Å². The minimum Gasteiger partial charge on any atom is -0.338 e. The van der Waals surface area contributed by atoms with E-state index in [2.05, 4.69) is 52.9 Å². The van der Waals surface area contributed by atoms with Crippen LogP contribution in [0.2, 0.25) is 0 Å². The van der Waals surface area contributed by atoms with Crippen LogP contribution in [-0.4, -0.2) is 15.0 Å². The Morgan fingerprint density at radius 2 is 2.06 bits per heavy atom. The van der Waals surface area contributed by atoms with Crippen molar-refractivity contribution >= 4 is 42.9 Å². The third-order valence-corrected chi connectivity index (χ3v) is 3.81. The second-order valence-electron chi connectivity index (χ2n) is 3.96. The lowest BCUT2D eigenvalue weighted by Gasteiger charge is -1.98. The first-order chi connectivity index (χ1) is 8.76. The van der Waals surface area contributed by atoms with Crippen LogP contribution in [0.1, 0.15) is 5.56 Å². The number of pyridine rings is 1. The molecule has 0 amide bonds. The van der Waals surface area contributed by atoms with Crippen LogP contribution in [-0.2, 0) is 5.33 Å². The summed E-state index contributed by atoms with van der Waals surface area (Å²) in [6, 6.07) is 8.07. The maximum absolute atomic E-state index is 4.57. The number of hydrogen-bond acceptors (Lipinski definition) is 2. The highest BCUT2D eigenvalue weighted by molar-refractivity contribution is 9.10. The molecule has 18 heavy (non-hydrogen) atoms. The number of rotatable bonds is 2. The Balaban J connectivity index is 2.13. The molecule has 0 spiro atoms. The molecule has 3 nitrogen and oxygen atoms in total. The van der Waals surface area contributed by atoms with Crippen molar-refractivity contribution in [3.8, 4) is 11.4 Å². The number of aromatic nitrogens is 3. The molecule has 0 aliphatic heterocycles. The molecular formula is C13H9Br2N3. The number of nitrogens with zero attached hydrogens (tertiary/aromatic N) is 2. The number of aromatic amines is 1. The standard InChI is InChI=1S/C13H9Br2N3/c14-5-8-3-9(7-16-6-8)13-17-11-2-1-10(15)4-12(11)18-13/h1-4,6-7H,5H2,(H,17,18). The molecule has 0 fully saturated rings. The average molecular weight is 367 g/mol. The normalized spacial score (nSPS) is 11.0. The zero-order valence-corrected chi connectivity index (χ0v) is 12.5. The maximum atomic E-state index is 4.57. The number of imidazole rings is 1. The number of nitrogens with one attached hydrogen (secondary N) is 1. The summed E-state index contributed by atoms with van der Waals surface area (Å²) in [5.74, 6) is 0.846. The molecule has 0 aliphatic rings. The van der Waals surface area contributed by atoms with E-state index in [-0.39, 0.29) is 0 Å². The van der Waals surface area contributed by atoms with Gasteiger partial charge in [-0.25, -0.2) is 4.98 Å². The number of fused-ring (bicyclic) bond motifs is 1. The molecule has 0 atom stereocenters. The van der Waals surface area contributed by atoms with E-state index in [0.717, 1.165) is 37.8 Å². The predicted molar refractivity (Wildman–Crippen MR) is 79.7 cm³/mol. The SMILES string of the molecule is BrCc1cncc(-c2nc3ccc(Br)cc3[nH]2)c1. The Morgan fingerprint density at radius 1 is 1.17 bits per heavy atom. The van der Waals surface area contributed by atoms with Gasteiger partial charge in [-0.2, -0.15) is 0 Å². The first-order valence-corrected chi connectivity index (χ1v) is 7.33. The van der Waals surface area contributed by atoms with Gasteiger partial charge < -0.3 is 4.98 Å². The third-order valence-electron chi connectivity index (χ3n) is 2.67. The molecule has 3 rings (SSSR count). The van der Waals surface area contributed by atoms with Crippen LogP contribution in [0.15, 0.2) is 41.1 Å². The zero-order chi connectivity index (χ0) is 12.5. The Morgan fingerprint density at radius 3 is 2.89 bits per heavy atom. The summed E-state index contributed by atoms with van der Waals surface area (Å²) < 4.78 is 1.04. The van der Waals surface area contributed by atoms with Gasteiger partial charge in [0.1, 0.15) is 5.82 Å². The van der Waals surface area contributed by atoms with Gasteiger partial charge in [-0.3, -0.25) is 4.98 Å². The van der Waals surface area contributed by atoms with E-state index < -0.39 is 0 Å². The molecular weight excluding hydrogens is 358 g/mol. The van der Waals surface area contributed by atoms with Crippen LogP contribution >= 0.6 is 31.9 Å². The molecule has 0 bridgehead atoms. The zero-order valence-electron chi connectivity index (χ0n) is 9.32. The van der Waals surface area contributed by atoms with Crippen LogP contribution in [0.5, 0.6) is 0 Å². The molecule has 90 valence electrons. The topological polar surface area (TPSA) is 41.6 Å². The molecule has 0 saturated carbocycles. The van der Waals surface area contributed by atoms with Crippen molar-refractivity contribution in [2.75, 3.05) is 0 Å². The third kappa shape index (κ3) is 2.20. The van der Waals surface area contributed by atoms with Crippen molar-refractivity contribution in [3.63, 3.8) is 0 Å². The summed E-state index contributed by atoms with van der Waals surface area (Å²) in [4.78, 5) is 12.1. The quantitative estimate of drug-likeness (QED) is 0.687. The first-order valence-electron chi connectivity index (χ1n) is 5.42. The molecule has 1 N–H and O–H groups in total. The fourth-order valence-corrected chi connectivity index (χ4v) is 2.48. The van der Waals surface area contributed by atoms with Crippen molar-refractivity contribution in [2.45, 2.75) is 5.33 Å². The number of benzene rings is 1. The number of hydrogen-bond donors (Lipinski definition) is 1. The fourth-order valence-electron chi connectivity index (χ4n) is 1.81. The Kier molecular flexibility index (Phi) is 3.18. The fraction of sp³-hybridized carbons (Fsp3) is 0.0769. The summed E-state index contributed by atoms with van der Waals surface area (Å²) in [5.41, 5.74) is 4.11. The minimum atomic E-state index is 0.791. The highest BCUT2D eigenvalue weighted by Crippen LogP contribution is 2.23. The molecule has 0 aliphatic carbocycles. The summed E-state index contributed by atoms with van der Waals surface area (Å²) in [5, 5.41) is 0.791. The lowest BCUT2D eigenvalue weighted by atomic mass is 10.2. The van der Waals surface area contributed by atoms with E-state index >= 15 is 0 Å². The highest BCUT2D eigenvalue weighted by atomic mass is 79.9. The number of H-pyrrole nitrogens is 1. The van der Waals surface area contributed by atoms with Crippen LogP contribution in [0.25, 0.3) is 22.4 Å². The molecule has 3 aromatic rings. The van der Waals surface area contributed by atoms with Crippen molar-refractivity contribution in [1.82, 2.24) is 15.0 Å². The first kappa shape index (κ1) is 11.9. The second-order valence-corrected chi connectivity index (χ2v) is 5.44. The van der Waals surface area contributed by atoms with E-state index in [1.165, 1.54) is 0 Å². The lowest BCUT2D eigenvalue weighted by molar-refractivity contribution is 1.23. The Hall–Kier alpha value is -1.20. The minimum absolute atomic E-state index is 0.791. The number of halogens is 2. The van der Waals surface area contributed by atoms with Gasteiger partial charge in [0.15, 0.2) is 0 Å². The summed E-state index contributed by atoms with van der Waals surface area (Å²) in [7, 11) is 0. The van der Waals surface area contributed by atoms with Crippen molar-refractivity contribution < 1.29 is 0 Å². The van der Waals surface area contributed by atoms with E-state index in [1.54, 1.807) is 0 Å². The van der Waals surface area contributed by atoms with E-state index in [0.29, 0.717) is 0 Å². The Labute approximate surface area is 121 Å². The van der Waals surface area contributed by atoms with Gasteiger partial charge in [-0.1, -0.05) is 31.9 Å². The molecule has 2 aromatic heterocycles. The Bertz CT molecular complexity index is 706. The van der Waals surface area contributed by atoms with Gasteiger partial charge in [-0.05, 0) is 29.8 Å². The lowest BCUT2D eigenvalue weighted by Crippen LogP contribution is -1.85. The van der Waals surface area contributed by atoms with Crippen molar-refractivity contribution in [3.05, 3.63) is 46.7 Å². The maximum Gasteiger partial charge on any atom is 0.140 e. The van der Waals surface area contributed by atoms with E-state index in [1.807, 2.05) is 30.6 Å². The highest BCUT2D eigenvalue weighted by Gasteiger charge is 2.06. The summed E-state index contributed by atoms with van der Waals surface area (Å²) in [6.45, 7) is 0. The van der Waals surface area contributed by atoms with Gasteiger partial charge in [0.25, 0.3) is 0 Å². The molecule has 5 heteroatoms. The second kappa shape index (κ2) is 4.82. The largest absolute Gasteiger partial charge is 0.338 e. The predicted octanol–water partition coefficient (Wildman–Crippen LogP) is 4.28. The van der Waals surface area contributed by atoms with Crippen LogP contribution in [0, 0.1) is 0 Å². The van der Waals surface area contributed by atoms with Crippen LogP contribution < -0.4 is 0 Å². The van der Waals surface area contributed by atoms with Gasteiger partial charge in [0, 0.05) is 27.8 Å². The molecule has 0 radical (unpaired) electrons. The summed E-state index contributed by atoms with van der Waals surface area (Å²) in [6.07, 6.45) is 3.66. The summed E-state index contributed by atoms with van der Waals surface area (Å²) >= 11 is 6.89. The molecule has 2 heterocycles. The number of alkyl halides is 1.